The number of aliphatic hydroxyl groups excluding tert-OH is 2. The molecule has 1 rings (SSSR count). The minimum atomic E-state index is -2.93. The average Bonchev–Trinajstić information content (AvgIpc) is 2.43. The Morgan fingerprint density at radius 1 is 1.35 bits per heavy atom. The first kappa shape index (κ1) is 17.1. The highest BCUT2D eigenvalue weighted by molar-refractivity contribution is 6.30. The summed E-state index contributed by atoms with van der Waals surface area (Å²) in [5.41, 5.74) is -0.442. The summed E-state index contributed by atoms with van der Waals surface area (Å²) in [6.07, 6.45) is 0.478. The Hall–Kier alpha value is -0.950. The molecular formula is C13H18ClF2NO3. The van der Waals surface area contributed by atoms with E-state index in [1.165, 1.54) is 18.2 Å². The van der Waals surface area contributed by atoms with Crippen LogP contribution in [-0.4, -0.2) is 35.6 Å². The average molecular weight is 310 g/mol. The number of hydrogen-bond acceptors (Lipinski definition) is 4. The normalized spacial score (nSPS) is 11.9. The van der Waals surface area contributed by atoms with Gasteiger partial charge in [0.2, 0.25) is 0 Å². The van der Waals surface area contributed by atoms with Crippen molar-refractivity contribution >= 4 is 11.6 Å². The third kappa shape index (κ3) is 4.56. The first-order chi connectivity index (χ1) is 9.46. The standard InChI is InChI=1S/C13H18ClF2NO3/c1-2-13(7-18,8-19)17-6-9-5-10(14)3-4-11(9)20-12(15)16/h3-5,12,17-19H,2,6-8H2,1H3. The molecule has 0 bridgehead atoms. The molecule has 20 heavy (non-hydrogen) atoms. The zero-order valence-electron chi connectivity index (χ0n) is 11.1. The number of aliphatic hydroxyl groups is 2. The van der Waals surface area contributed by atoms with Gasteiger partial charge in [-0.1, -0.05) is 18.5 Å². The lowest BCUT2D eigenvalue weighted by Crippen LogP contribution is -2.50. The summed E-state index contributed by atoms with van der Waals surface area (Å²) in [6, 6.07) is 4.31. The first-order valence-corrected chi connectivity index (χ1v) is 6.54. The molecule has 0 radical (unpaired) electrons. The minimum absolute atomic E-state index is 0.0118. The van der Waals surface area contributed by atoms with E-state index >= 15 is 0 Å². The SMILES string of the molecule is CCC(CO)(CO)NCc1cc(Cl)ccc1OC(F)F. The number of benzene rings is 1. The molecule has 0 amide bonds. The Balaban J connectivity index is 2.87. The highest BCUT2D eigenvalue weighted by Crippen LogP contribution is 2.25. The molecule has 1 aromatic carbocycles. The van der Waals surface area contributed by atoms with Crippen molar-refractivity contribution in [1.29, 1.82) is 0 Å². The fraction of sp³-hybridized carbons (Fsp3) is 0.538. The van der Waals surface area contributed by atoms with Crippen LogP contribution in [0.1, 0.15) is 18.9 Å². The monoisotopic (exact) mass is 309 g/mol. The molecule has 0 aliphatic carbocycles. The Bertz CT molecular complexity index is 420. The lowest BCUT2D eigenvalue weighted by molar-refractivity contribution is -0.0506. The van der Waals surface area contributed by atoms with Crippen LogP contribution in [0.3, 0.4) is 0 Å². The van der Waals surface area contributed by atoms with Crippen LogP contribution in [0.2, 0.25) is 5.02 Å². The van der Waals surface area contributed by atoms with Gasteiger partial charge in [-0.05, 0) is 24.6 Å². The number of hydrogen-bond donors (Lipinski definition) is 3. The van der Waals surface area contributed by atoms with Gasteiger partial charge in [0.1, 0.15) is 5.75 Å². The van der Waals surface area contributed by atoms with Crippen LogP contribution >= 0.6 is 11.6 Å². The van der Waals surface area contributed by atoms with Gasteiger partial charge < -0.3 is 20.3 Å². The molecule has 0 saturated carbocycles. The van der Waals surface area contributed by atoms with Gasteiger partial charge >= 0.3 is 6.61 Å². The quantitative estimate of drug-likeness (QED) is 0.689. The van der Waals surface area contributed by atoms with Crippen LogP contribution in [0.25, 0.3) is 0 Å². The number of alkyl halides is 2. The molecule has 0 aliphatic rings. The lowest BCUT2D eigenvalue weighted by Gasteiger charge is -2.30. The molecule has 0 aliphatic heterocycles. The van der Waals surface area contributed by atoms with E-state index in [4.69, 9.17) is 11.6 Å². The fourth-order valence-corrected chi connectivity index (χ4v) is 1.88. The first-order valence-electron chi connectivity index (χ1n) is 6.16. The van der Waals surface area contributed by atoms with Gasteiger partial charge in [0, 0.05) is 17.1 Å². The molecule has 3 N–H and O–H groups in total. The second-order valence-electron chi connectivity index (χ2n) is 4.43. The Morgan fingerprint density at radius 3 is 2.50 bits per heavy atom. The zero-order valence-corrected chi connectivity index (χ0v) is 11.8. The summed E-state index contributed by atoms with van der Waals surface area (Å²) in [5, 5.41) is 22.0. The highest BCUT2D eigenvalue weighted by atomic mass is 35.5. The maximum Gasteiger partial charge on any atom is 0.387 e. The summed E-state index contributed by atoms with van der Waals surface area (Å²) in [7, 11) is 0. The van der Waals surface area contributed by atoms with Crippen molar-refractivity contribution in [2.24, 2.45) is 0 Å². The third-order valence-corrected chi connectivity index (χ3v) is 3.41. The maximum atomic E-state index is 12.3. The van der Waals surface area contributed by atoms with Crippen molar-refractivity contribution in [3.8, 4) is 5.75 Å². The van der Waals surface area contributed by atoms with Crippen LogP contribution in [0.15, 0.2) is 18.2 Å². The summed E-state index contributed by atoms with van der Waals surface area (Å²) in [6.45, 7) is -1.54. The van der Waals surface area contributed by atoms with Crippen LogP contribution in [0, 0.1) is 0 Å². The molecule has 1 aromatic rings. The molecule has 114 valence electrons. The van der Waals surface area contributed by atoms with E-state index in [1.54, 1.807) is 6.92 Å². The van der Waals surface area contributed by atoms with E-state index in [0.717, 1.165) is 0 Å². The van der Waals surface area contributed by atoms with Crippen molar-refractivity contribution < 1.29 is 23.7 Å². The van der Waals surface area contributed by atoms with Gasteiger partial charge in [-0.15, -0.1) is 0 Å². The fourth-order valence-electron chi connectivity index (χ4n) is 1.69. The van der Waals surface area contributed by atoms with E-state index in [0.29, 0.717) is 17.0 Å². The predicted octanol–water partition coefficient (Wildman–Crippen LogP) is 2.16. The van der Waals surface area contributed by atoms with Crippen molar-refractivity contribution in [1.82, 2.24) is 5.32 Å². The zero-order chi connectivity index (χ0) is 15.2. The number of rotatable bonds is 8. The second-order valence-corrected chi connectivity index (χ2v) is 4.87. The summed E-state index contributed by atoms with van der Waals surface area (Å²) in [5.74, 6) is 0.0118. The van der Waals surface area contributed by atoms with Crippen LogP contribution in [-0.2, 0) is 6.54 Å². The molecule has 0 aromatic heterocycles. The smallest absolute Gasteiger partial charge is 0.387 e. The largest absolute Gasteiger partial charge is 0.434 e. The molecule has 0 unspecified atom stereocenters. The summed E-state index contributed by atoms with van der Waals surface area (Å²) >= 11 is 5.84. The van der Waals surface area contributed by atoms with E-state index < -0.39 is 12.2 Å². The molecule has 4 nitrogen and oxygen atoms in total. The molecule has 0 saturated heterocycles. The predicted molar refractivity (Wildman–Crippen MR) is 72.1 cm³/mol. The lowest BCUT2D eigenvalue weighted by atomic mass is 9.98. The van der Waals surface area contributed by atoms with E-state index in [-0.39, 0.29) is 25.5 Å². The van der Waals surface area contributed by atoms with Gasteiger partial charge in [-0.2, -0.15) is 8.78 Å². The molecular weight excluding hydrogens is 292 g/mol. The van der Waals surface area contributed by atoms with E-state index in [1.807, 2.05) is 0 Å². The van der Waals surface area contributed by atoms with E-state index in [2.05, 4.69) is 10.1 Å². The van der Waals surface area contributed by atoms with Crippen molar-refractivity contribution in [3.05, 3.63) is 28.8 Å². The Morgan fingerprint density at radius 2 is 2.00 bits per heavy atom. The molecule has 0 spiro atoms. The molecule has 0 atom stereocenters. The van der Waals surface area contributed by atoms with Crippen LogP contribution in [0.4, 0.5) is 8.78 Å². The summed E-state index contributed by atoms with van der Waals surface area (Å²) in [4.78, 5) is 0. The van der Waals surface area contributed by atoms with Crippen molar-refractivity contribution in [2.45, 2.75) is 32.0 Å². The minimum Gasteiger partial charge on any atom is -0.434 e. The molecule has 0 fully saturated rings. The van der Waals surface area contributed by atoms with Gasteiger partial charge in [0.05, 0.1) is 18.8 Å². The highest BCUT2D eigenvalue weighted by Gasteiger charge is 2.26. The van der Waals surface area contributed by atoms with Gasteiger partial charge in [0.25, 0.3) is 0 Å². The number of halogens is 3. The Labute approximate surface area is 121 Å². The summed E-state index contributed by atoms with van der Waals surface area (Å²) < 4.78 is 29.0. The van der Waals surface area contributed by atoms with Gasteiger partial charge in [-0.3, -0.25) is 0 Å². The van der Waals surface area contributed by atoms with Gasteiger partial charge in [0.15, 0.2) is 0 Å². The van der Waals surface area contributed by atoms with Crippen molar-refractivity contribution in [2.75, 3.05) is 13.2 Å². The molecule has 7 heteroatoms. The van der Waals surface area contributed by atoms with Gasteiger partial charge in [-0.25, -0.2) is 0 Å². The van der Waals surface area contributed by atoms with Crippen LogP contribution in [0.5, 0.6) is 5.75 Å². The van der Waals surface area contributed by atoms with Crippen molar-refractivity contribution in [3.63, 3.8) is 0 Å². The Kier molecular flexibility index (Phi) is 6.61. The van der Waals surface area contributed by atoms with E-state index in [9.17, 15) is 19.0 Å². The maximum absolute atomic E-state index is 12.3. The second kappa shape index (κ2) is 7.73. The number of ether oxygens (including phenoxy) is 1. The molecule has 0 heterocycles. The topological polar surface area (TPSA) is 61.7 Å². The number of nitrogens with one attached hydrogen (secondary N) is 1. The van der Waals surface area contributed by atoms with Crippen LogP contribution < -0.4 is 10.1 Å². The third-order valence-electron chi connectivity index (χ3n) is 3.17.